The molecule has 0 aliphatic heterocycles. The molecule has 3 aromatic rings. The van der Waals surface area contributed by atoms with Crippen molar-refractivity contribution in [3.05, 3.63) is 65.9 Å². The van der Waals surface area contributed by atoms with Gasteiger partial charge in [-0.05, 0) is 50.6 Å². The minimum absolute atomic E-state index is 0.209. The third-order valence-corrected chi connectivity index (χ3v) is 3.70. The average molecular weight is 366 g/mol. The zero-order valence-corrected chi connectivity index (χ0v) is 15.5. The molecular formula is C21H22N2O4. The Balaban J connectivity index is 1.68. The molecule has 27 heavy (non-hydrogen) atoms. The van der Waals surface area contributed by atoms with Gasteiger partial charge in [0.1, 0.15) is 17.9 Å². The lowest BCUT2D eigenvalue weighted by Gasteiger charge is -2.19. The number of carbonyl (C=O) groups excluding carboxylic acids is 2. The number of hydrogen-bond acceptors (Lipinski definition) is 4. The summed E-state index contributed by atoms with van der Waals surface area (Å²) < 4.78 is 10.6. The highest BCUT2D eigenvalue weighted by Crippen LogP contribution is 2.21. The first-order valence-electron chi connectivity index (χ1n) is 8.64. The number of H-pyrrole nitrogens is 1. The maximum Gasteiger partial charge on any atom is 0.412 e. The third kappa shape index (κ3) is 5.10. The van der Waals surface area contributed by atoms with Gasteiger partial charge >= 0.3 is 12.1 Å². The second-order valence-electron chi connectivity index (χ2n) is 7.17. The van der Waals surface area contributed by atoms with Gasteiger partial charge in [0.05, 0.1) is 0 Å². The fourth-order valence-electron chi connectivity index (χ4n) is 2.54. The van der Waals surface area contributed by atoms with Gasteiger partial charge in [-0.3, -0.25) is 5.32 Å². The number of carbonyl (C=O) groups is 2. The van der Waals surface area contributed by atoms with Crippen molar-refractivity contribution in [2.45, 2.75) is 33.0 Å². The van der Waals surface area contributed by atoms with Gasteiger partial charge in [-0.25, -0.2) is 9.59 Å². The molecule has 0 unspecified atom stereocenters. The van der Waals surface area contributed by atoms with E-state index >= 15 is 0 Å². The number of nitrogens with one attached hydrogen (secondary N) is 2. The summed E-state index contributed by atoms with van der Waals surface area (Å²) in [5.74, 6) is -0.434. The van der Waals surface area contributed by atoms with Crippen LogP contribution in [0.3, 0.4) is 0 Å². The molecule has 0 radical (unpaired) electrons. The summed E-state index contributed by atoms with van der Waals surface area (Å²) >= 11 is 0. The predicted molar refractivity (Wildman–Crippen MR) is 104 cm³/mol. The maximum atomic E-state index is 12.3. The number of esters is 1. The molecular weight excluding hydrogens is 344 g/mol. The number of fused-ring (bicyclic) bond motifs is 1. The molecule has 0 bridgehead atoms. The Kier molecular flexibility index (Phi) is 5.16. The van der Waals surface area contributed by atoms with Crippen LogP contribution in [0.5, 0.6) is 0 Å². The van der Waals surface area contributed by atoms with Crippen LogP contribution in [-0.4, -0.2) is 22.6 Å². The summed E-state index contributed by atoms with van der Waals surface area (Å²) in [6.45, 7) is 5.61. The van der Waals surface area contributed by atoms with E-state index in [9.17, 15) is 9.59 Å². The van der Waals surface area contributed by atoms with Crippen molar-refractivity contribution in [3.63, 3.8) is 0 Å². The van der Waals surface area contributed by atoms with Crippen molar-refractivity contribution in [3.8, 4) is 0 Å². The van der Waals surface area contributed by atoms with E-state index in [0.717, 1.165) is 16.5 Å². The summed E-state index contributed by atoms with van der Waals surface area (Å²) in [7, 11) is 0. The highest BCUT2D eigenvalue weighted by Gasteiger charge is 2.17. The van der Waals surface area contributed by atoms with E-state index < -0.39 is 17.7 Å². The van der Waals surface area contributed by atoms with E-state index in [1.165, 1.54) is 0 Å². The van der Waals surface area contributed by atoms with Gasteiger partial charge < -0.3 is 14.5 Å². The topological polar surface area (TPSA) is 80.4 Å². The number of hydrogen-bond donors (Lipinski definition) is 2. The van der Waals surface area contributed by atoms with E-state index in [1.54, 1.807) is 45.0 Å². The summed E-state index contributed by atoms with van der Waals surface area (Å²) in [5, 5.41) is 3.47. The van der Waals surface area contributed by atoms with Crippen LogP contribution in [0, 0.1) is 0 Å². The van der Waals surface area contributed by atoms with E-state index in [0.29, 0.717) is 11.4 Å². The summed E-state index contributed by atoms with van der Waals surface area (Å²) in [4.78, 5) is 27.2. The van der Waals surface area contributed by atoms with Gasteiger partial charge in [-0.15, -0.1) is 0 Å². The standard InChI is InChI=1S/C21H22N2O4/c1-21(2,3)27-20(25)22-16-9-10-17-15(11-16)12-18(23-17)19(24)26-13-14-7-5-4-6-8-14/h4-12,23H,13H2,1-3H3,(H,22,25). The Morgan fingerprint density at radius 2 is 1.78 bits per heavy atom. The molecule has 6 nitrogen and oxygen atoms in total. The number of benzene rings is 2. The first-order chi connectivity index (χ1) is 12.8. The SMILES string of the molecule is CC(C)(C)OC(=O)Nc1ccc2[nH]c(C(=O)OCc3ccccc3)cc2c1. The number of anilines is 1. The molecule has 3 rings (SSSR count). The molecule has 6 heteroatoms. The van der Waals surface area contributed by atoms with E-state index in [2.05, 4.69) is 10.3 Å². The molecule has 0 aliphatic rings. The minimum Gasteiger partial charge on any atom is -0.456 e. The first kappa shape index (κ1) is 18.5. The molecule has 0 atom stereocenters. The van der Waals surface area contributed by atoms with Crippen LogP contribution in [0.1, 0.15) is 36.8 Å². The lowest BCUT2D eigenvalue weighted by atomic mass is 10.2. The first-order valence-corrected chi connectivity index (χ1v) is 8.64. The molecule has 140 valence electrons. The highest BCUT2D eigenvalue weighted by atomic mass is 16.6. The van der Waals surface area contributed by atoms with Crippen molar-refractivity contribution in [2.75, 3.05) is 5.32 Å². The molecule has 1 heterocycles. The van der Waals surface area contributed by atoms with Crippen LogP contribution < -0.4 is 5.32 Å². The highest BCUT2D eigenvalue weighted by molar-refractivity contribution is 5.97. The average Bonchev–Trinajstić information content (AvgIpc) is 3.02. The monoisotopic (exact) mass is 366 g/mol. The van der Waals surface area contributed by atoms with Crippen molar-refractivity contribution < 1.29 is 19.1 Å². The van der Waals surface area contributed by atoms with Crippen LogP contribution in [0.25, 0.3) is 10.9 Å². The zero-order chi connectivity index (χ0) is 19.4. The Morgan fingerprint density at radius 3 is 2.48 bits per heavy atom. The molecule has 1 aromatic heterocycles. The molecule has 0 fully saturated rings. The van der Waals surface area contributed by atoms with E-state index in [4.69, 9.17) is 9.47 Å². The number of ether oxygens (including phenoxy) is 2. The summed E-state index contributed by atoms with van der Waals surface area (Å²) in [6.07, 6.45) is -0.528. The van der Waals surface area contributed by atoms with Crippen molar-refractivity contribution >= 4 is 28.7 Å². The van der Waals surface area contributed by atoms with Crippen LogP contribution in [0.2, 0.25) is 0 Å². The third-order valence-electron chi connectivity index (χ3n) is 3.70. The van der Waals surface area contributed by atoms with E-state index in [-0.39, 0.29) is 6.61 Å². The Labute approximate surface area is 157 Å². The van der Waals surface area contributed by atoms with Crippen molar-refractivity contribution in [2.24, 2.45) is 0 Å². The molecule has 1 amide bonds. The molecule has 2 aromatic carbocycles. The lowest BCUT2D eigenvalue weighted by Crippen LogP contribution is -2.27. The number of rotatable bonds is 4. The van der Waals surface area contributed by atoms with Crippen LogP contribution in [0.15, 0.2) is 54.6 Å². The Hall–Kier alpha value is -3.28. The van der Waals surface area contributed by atoms with Gasteiger partial charge in [-0.1, -0.05) is 30.3 Å². The van der Waals surface area contributed by atoms with Gasteiger partial charge in [0.15, 0.2) is 0 Å². The zero-order valence-electron chi connectivity index (χ0n) is 15.5. The molecule has 0 aliphatic carbocycles. The smallest absolute Gasteiger partial charge is 0.412 e. The summed E-state index contributed by atoms with van der Waals surface area (Å²) in [6, 6.07) is 16.5. The molecule has 2 N–H and O–H groups in total. The molecule has 0 spiro atoms. The second kappa shape index (κ2) is 7.53. The number of aromatic amines is 1. The maximum absolute atomic E-state index is 12.3. The Bertz CT molecular complexity index is 955. The number of aromatic nitrogens is 1. The van der Waals surface area contributed by atoms with Crippen molar-refractivity contribution in [1.82, 2.24) is 4.98 Å². The van der Waals surface area contributed by atoms with Crippen LogP contribution >= 0.6 is 0 Å². The van der Waals surface area contributed by atoms with Crippen LogP contribution in [0.4, 0.5) is 10.5 Å². The Morgan fingerprint density at radius 1 is 1.04 bits per heavy atom. The molecule has 0 saturated carbocycles. The van der Waals surface area contributed by atoms with Gasteiger partial charge in [0, 0.05) is 16.6 Å². The second-order valence-corrected chi connectivity index (χ2v) is 7.17. The fourth-order valence-corrected chi connectivity index (χ4v) is 2.54. The number of amides is 1. The summed E-state index contributed by atoms with van der Waals surface area (Å²) in [5.41, 5.74) is 2.07. The largest absolute Gasteiger partial charge is 0.456 e. The molecule has 0 saturated heterocycles. The van der Waals surface area contributed by atoms with Gasteiger partial charge in [-0.2, -0.15) is 0 Å². The predicted octanol–water partition coefficient (Wildman–Crippen LogP) is 4.87. The van der Waals surface area contributed by atoms with Gasteiger partial charge in [0.25, 0.3) is 0 Å². The minimum atomic E-state index is -0.571. The fraction of sp³-hybridized carbons (Fsp3) is 0.238. The lowest BCUT2D eigenvalue weighted by molar-refractivity contribution is 0.0466. The van der Waals surface area contributed by atoms with Crippen molar-refractivity contribution in [1.29, 1.82) is 0 Å². The normalized spacial score (nSPS) is 11.2. The van der Waals surface area contributed by atoms with E-state index in [1.807, 2.05) is 30.3 Å². The quantitative estimate of drug-likeness (QED) is 0.646. The van der Waals surface area contributed by atoms with Crippen LogP contribution in [-0.2, 0) is 16.1 Å². The van der Waals surface area contributed by atoms with Gasteiger partial charge in [0.2, 0.25) is 0 Å².